The monoisotopic (exact) mass is 254 g/mol. The number of hydrogen-bond donors (Lipinski definition) is 2. The summed E-state index contributed by atoms with van der Waals surface area (Å²) in [5.41, 5.74) is 0. The van der Waals surface area contributed by atoms with Crippen molar-refractivity contribution in [3.05, 3.63) is 0 Å². The quantitative estimate of drug-likeness (QED) is 0.757. The van der Waals surface area contributed by atoms with Gasteiger partial charge in [-0.2, -0.15) is 0 Å². The Hall–Kier alpha value is -0.610. The van der Waals surface area contributed by atoms with Crippen molar-refractivity contribution in [2.75, 3.05) is 6.61 Å². The van der Waals surface area contributed by atoms with Gasteiger partial charge in [0.25, 0.3) is 0 Å². The third-order valence-corrected chi connectivity index (χ3v) is 3.87. The Labute approximate surface area is 110 Å². The summed E-state index contributed by atoms with van der Waals surface area (Å²) in [7, 11) is 0. The lowest BCUT2D eigenvalue weighted by molar-refractivity contribution is -0.123. The summed E-state index contributed by atoms with van der Waals surface area (Å²) >= 11 is 0. The molecule has 1 aliphatic heterocycles. The molecular weight excluding hydrogens is 228 g/mol. The number of piperidine rings is 1. The number of hydrogen-bond acceptors (Lipinski definition) is 3. The molecule has 0 radical (unpaired) electrons. The van der Waals surface area contributed by atoms with E-state index in [2.05, 4.69) is 24.5 Å². The SMILES string of the molecule is CCC1NC(C)CCC1OCCC(=O)NC1CC1. The Morgan fingerprint density at radius 3 is 2.78 bits per heavy atom. The number of carbonyl (C=O) groups excluding carboxylic acids is 1. The van der Waals surface area contributed by atoms with E-state index in [4.69, 9.17) is 4.74 Å². The number of rotatable bonds is 6. The van der Waals surface area contributed by atoms with Crippen molar-refractivity contribution >= 4 is 5.91 Å². The van der Waals surface area contributed by atoms with Crippen LogP contribution in [0.3, 0.4) is 0 Å². The predicted molar refractivity (Wildman–Crippen MR) is 71.4 cm³/mol. The third kappa shape index (κ3) is 4.25. The molecule has 3 atom stereocenters. The van der Waals surface area contributed by atoms with E-state index in [9.17, 15) is 4.79 Å². The molecule has 0 aromatic carbocycles. The molecule has 2 rings (SSSR count). The van der Waals surface area contributed by atoms with Crippen LogP contribution in [0.1, 0.15) is 52.4 Å². The molecule has 2 fully saturated rings. The van der Waals surface area contributed by atoms with Gasteiger partial charge in [-0.25, -0.2) is 0 Å². The Kier molecular flexibility index (Phi) is 5.01. The lowest BCUT2D eigenvalue weighted by Crippen LogP contribution is -2.50. The number of ether oxygens (including phenoxy) is 1. The molecular formula is C14H26N2O2. The van der Waals surface area contributed by atoms with Crippen molar-refractivity contribution in [3.63, 3.8) is 0 Å². The fourth-order valence-electron chi connectivity index (χ4n) is 2.58. The summed E-state index contributed by atoms with van der Waals surface area (Å²) in [6.07, 6.45) is 6.43. The summed E-state index contributed by atoms with van der Waals surface area (Å²) in [5.74, 6) is 0.141. The van der Waals surface area contributed by atoms with Crippen LogP contribution in [-0.4, -0.2) is 36.7 Å². The van der Waals surface area contributed by atoms with Crippen LogP contribution in [0, 0.1) is 0 Å². The third-order valence-electron chi connectivity index (χ3n) is 3.87. The summed E-state index contributed by atoms with van der Waals surface area (Å²) in [5, 5.41) is 6.56. The second-order valence-corrected chi connectivity index (χ2v) is 5.66. The van der Waals surface area contributed by atoms with Crippen molar-refractivity contribution in [1.82, 2.24) is 10.6 Å². The molecule has 2 N–H and O–H groups in total. The number of nitrogens with one attached hydrogen (secondary N) is 2. The zero-order valence-corrected chi connectivity index (χ0v) is 11.6. The van der Waals surface area contributed by atoms with Gasteiger partial charge in [0, 0.05) is 24.5 Å². The van der Waals surface area contributed by atoms with E-state index in [0.29, 0.717) is 31.2 Å². The summed E-state index contributed by atoms with van der Waals surface area (Å²) in [6.45, 7) is 4.96. The highest BCUT2D eigenvalue weighted by molar-refractivity contribution is 5.76. The molecule has 18 heavy (non-hydrogen) atoms. The number of amides is 1. The van der Waals surface area contributed by atoms with Crippen LogP contribution in [-0.2, 0) is 9.53 Å². The van der Waals surface area contributed by atoms with E-state index >= 15 is 0 Å². The number of carbonyl (C=O) groups is 1. The molecule has 1 heterocycles. The van der Waals surface area contributed by atoms with E-state index < -0.39 is 0 Å². The smallest absolute Gasteiger partial charge is 0.222 e. The first-order valence-corrected chi connectivity index (χ1v) is 7.36. The van der Waals surface area contributed by atoms with Gasteiger partial charge in [0.2, 0.25) is 5.91 Å². The average Bonchev–Trinajstić information content (AvgIpc) is 3.14. The molecule has 4 nitrogen and oxygen atoms in total. The molecule has 1 saturated carbocycles. The van der Waals surface area contributed by atoms with Crippen LogP contribution in [0.4, 0.5) is 0 Å². The van der Waals surface area contributed by atoms with E-state index in [1.165, 1.54) is 0 Å². The predicted octanol–water partition coefficient (Wildman–Crippen LogP) is 1.59. The molecule has 1 saturated heterocycles. The zero-order chi connectivity index (χ0) is 13.0. The van der Waals surface area contributed by atoms with E-state index in [-0.39, 0.29) is 12.0 Å². The molecule has 1 amide bonds. The van der Waals surface area contributed by atoms with Gasteiger partial charge >= 0.3 is 0 Å². The first-order chi connectivity index (χ1) is 8.69. The Bertz CT molecular complexity index is 279. The largest absolute Gasteiger partial charge is 0.376 e. The van der Waals surface area contributed by atoms with Gasteiger partial charge in [0.05, 0.1) is 12.7 Å². The highest BCUT2D eigenvalue weighted by atomic mass is 16.5. The summed E-state index contributed by atoms with van der Waals surface area (Å²) in [6, 6.07) is 1.49. The van der Waals surface area contributed by atoms with Gasteiger partial charge in [-0.1, -0.05) is 6.92 Å². The van der Waals surface area contributed by atoms with Crippen molar-refractivity contribution in [3.8, 4) is 0 Å². The normalized spacial score (nSPS) is 32.2. The second kappa shape index (κ2) is 6.53. The lowest BCUT2D eigenvalue weighted by atomic mass is 9.95. The van der Waals surface area contributed by atoms with Gasteiger partial charge in [-0.05, 0) is 39.0 Å². The lowest BCUT2D eigenvalue weighted by Gasteiger charge is -2.35. The van der Waals surface area contributed by atoms with Crippen LogP contribution in [0.5, 0.6) is 0 Å². The van der Waals surface area contributed by atoms with Crippen molar-refractivity contribution in [2.24, 2.45) is 0 Å². The first kappa shape index (κ1) is 13.8. The molecule has 0 spiro atoms. The van der Waals surface area contributed by atoms with Crippen LogP contribution in [0.15, 0.2) is 0 Å². The fraction of sp³-hybridized carbons (Fsp3) is 0.929. The minimum atomic E-state index is 0.141. The fourth-order valence-corrected chi connectivity index (χ4v) is 2.58. The van der Waals surface area contributed by atoms with Crippen molar-refractivity contribution < 1.29 is 9.53 Å². The summed E-state index contributed by atoms with van der Waals surface area (Å²) < 4.78 is 5.88. The van der Waals surface area contributed by atoms with Crippen molar-refractivity contribution in [2.45, 2.75) is 76.6 Å². The van der Waals surface area contributed by atoms with Gasteiger partial charge in [-0.15, -0.1) is 0 Å². The van der Waals surface area contributed by atoms with Crippen LogP contribution < -0.4 is 10.6 Å². The molecule has 0 aromatic heterocycles. The van der Waals surface area contributed by atoms with E-state index in [0.717, 1.165) is 32.1 Å². The molecule has 2 aliphatic rings. The average molecular weight is 254 g/mol. The highest BCUT2D eigenvalue weighted by Crippen LogP contribution is 2.20. The van der Waals surface area contributed by atoms with Gasteiger partial charge in [0.15, 0.2) is 0 Å². The maximum Gasteiger partial charge on any atom is 0.222 e. The Morgan fingerprint density at radius 1 is 1.33 bits per heavy atom. The van der Waals surface area contributed by atoms with Crippen LogP contribution in [0.2, 0.25) is 0 Å². The molecule has 0 bridgehead atoms. The minimum absolute atomic E-state index is 0.141. The molecule has 4 heteroatoms. The minimum Gasteiger partial charge on any atom is -0.376 e. The maximum atomic E-state index is 11.5. The Morgan fingerprint density at radius 2 is 2.11 bits per heavy atom. The zero-order valence-electron chi connectivity index (χ0n) is 11.6. The van der Waals surface area contributed by atoms with Crippen molar-refractivity contribution in [1.29, 1.82) is 0 Å². The maximum absolute atomic E-state index is 11.5. The molecule has 1 aliphatic carbocycles. The summed E-state index contributed by atoms with van der Waals surface area (Å²) in [4.78, 5) is 11.5. The van der Waals surface area contributed by atoms with Gasteiger partial charge in [-0.3, -0.25) is 4.79 Å². The standard InChI is InChI=1S/C14H26N2O2/c1-3-12-13(7-4-10(2)15-12)18-9-8-14(17)16-11-5-6-11/h10-13,15H,3-9H2,1-2H3,(H,16,17). The molecule has 104 valence electrons. The molecule has 0 aromatic rings. The Balaban J connectivity index is 1.63. The highest BCUT2D eigenvalue weighted by Gasteiger charge is 2.27. The van der Waals surface area contributed by atoms with Gasteiger partial charge < -0.3 is 15.4 Å². The van der Waals surface area contributed by atoms with Crippen LogP contribution in [0.25, 0.3) is 0 Å². The van der Waals surface area contributed by atoms with Gasteiger partial charge in [0.1, 0.15) is 0 Å². The van der Waals surface area contributed by atoms with E-state index in [1.807, 2.05) is 0 Å². The van der Waals surface area contributed by atoms with Crippen LogP contribution >= 0.6 is 0 Å². The second-order valence-electron chi connectivity index (χ2n) is 5.66. The first-order valence-electron chi connectivity index (χ1n) is 7.36. The topological polar surface area (TPSA) is 50.4 Å². The molecule has 3 unspecified atom stereocenters. The van der Waals surface area contributed by atoms with E-state index in [1.54, 1.807) is 0 Å².